The minimum Gasteiger partial charge on any atom is -0.489 e. The minimum absolute atomic E-state index is 0. The van der Waals surface area contributed by atoms with E-state index in [0.717, 1.165) is 22.4 Å². The Morgan fingerprint density at radius 1 is 0.941 bits per heavy atom. The van der Waals surface area contributed by atoms with Crippen LogP contribution in [0.5, 0.6) is 5.75 Å². The van der Waals surface area contributed by atoms with Gasteiger partial charge in [-0.2, -0.15) is 0 Å². The molecule has 34 heavy (non-hydrogen) atoms. The maximum Gasteiger partial charge on any atom is 0.330 e. The molecule has 0 amide bonds. The third kappa shape index (κ3) is 10.7. The van der Waals surface area contributed by atoms with Gasteiger partial charge in [0.15, 0.2) is 0 Å². The molecule has 180 valence electrons. The summed E-state index contributed by atoms with van der Waals surface area (Å²) in [5, 5.41) is 8.76. The van der Waals surface area contributed by atoms with Gasteiger partial charge >= 0.3 is 11.9 Å². The lowest BCUT2D eigenvalue weighted by Gasteiger charge is -2.09. The van der Waals surface area contributed by atoms with E-state index in [1.54, 1.807) is 18.2 Å². The Morgan fingerprint density at radius 2 is 1.56 bits per heavy atom. The number of carbonyl (C=O) groups excluding carboxylic acids is 1. The molecule has 5 N–H and O–H groups in total. The van der Waals surface area contributed by atoms with Crippen molar-refractivity contribution in [3.8, 4) is 5.75 Å². The van der Waals surface area contributed by atoms with Gasteiger partial charge in [0.1, 0.15) is 18.4 Å². The summed E-state index contributed by atoms with van der Waals surface area (Å²) in [6.45, 7) is 0.509. The molecular weight excluding hydrogens is 456 g/mol. The van der Waals surface area contributed by atoms with Crippen molar-refractivity contribution in [2.45, 2.75) is 19.1 Å². The number of carboxylic acids is 1. The highest BCUT2D eigenvalue weighted by atomic mass is 35.5. The van der Waals surface area contributed by atoms with Crippen LogP contribution in [0.2, 0.25) is 0 Å². The van der Waals surface area contributed by atoms with Crippen LogP contribution in [0.15, 0.2) is 84.9 Å². The molecule has 0 radical (unpaired) electrons. The zero-order chi connectivity index (χ0) is 24.1. The number of nitrogens with two attached hydrogens (primary N) is 2. The first-order valence-electron chi connectivity index (χ1n) is 10.2. The average molecular weight is 485 g/mol. The number of aliphatic carboxylic acids is 1. The molecule has 3 rings (SSSR count). The quantitative estimate of drug-likeness (QED) is 0.250. The maximum absolute atomic E-state index is 10.7. The van der Waals surface area contributed by atoms with Crippen molar-refractivity contribution >= 4 is 36.1 Å². The average Bonchev–Trinajstić information content (AvgIpc) is 2.84. The van der Waals surface area contributed by atoms with Crippen molar-refractivity contribution in [2.75, 3.05) is 12.8 Å². The van der Waals surface area contributed by atoms with Crippen molar-refractivity contribution < 1.29 is 24.2 Å². The summed E-state index contributed by atoms with van der Waals surface area (Å²) in [7, 11) is 1.34. The lowest BCUT2D eigenvalue weighted by atomic mass is 10.1. The van der Waals surface area contributed by atoms with Crippen LogP contribution in [-0.2, 0) is 27.4 Å². The number of carbonyl (C=O) groups is 2. The van der Waals surface area contributed by atoms with E-state index < -0.39 is 12.0 Å². The van der Waals surface area contributed by atoms with E-state index in [9.17, 15) is 9.59 Å². The van der Waals surface area contributed by atoms with Crippen LogP contribution < -0.4 is 16.2 Å². The van der Waals surface area contributed by atoms with Gasteiger partial charge in [-0.25, -0.2) is 4.79 Å². The number of rotatable bonds is 8. The molecule has 0 heterocycles. The topological polar surface area (TPSA) is 125 Å². The highest BCUT2D eigenvalue weighted by molar-refractivity contribution is 5.87. The monoisotopic (exact) mass is 484 g/mol. The second-order valence-corrected chi connectivity index (χ2v) is 7.09. The summed E-state index contributed by atoms with van der Waals surface area (Å²) in [5.41, 5.74) is 14.6. The molecule has 3 aromatic carbocycles. The molecule has 7 nitrogen and oxygen atoms in total. The summed E-state index contributed by atoms with van der Waals surface area (Å²) < 4.78 is 10.1. The molecule has 0 bridgehead atoms. The second kappa shape index (κ2) is 15.1. The maximum atomic E-state index is 10.7. The van der Waals surface area contributed by atoms with Crippen LogP contribution in [0, 0.1) is 0 Å². The van der Waals surface area contributed by atoms with Crippen LogP contribution in [0.3, 0.4) is 0 Å². The molecule has 0 saturated heterocycles. The van der Waals surface area contributed by atoms with Gasteiger partial charge in [0.25, 0.3) is 0 Å². The number of esters is 1. The normalized spacial score (nSPS) is 10.9. The van der Waals surface area contributed by atoms with E-state index in [0.29, 0.717) is 18.7 Å². The fourth-order valence-corrected chi connectivity index (χ4v) is 2.64. The van der Waals surface area contributed by atoms with E-state index in [-0.39, 0.29) is 18.4 Å². The number of carboxylic acid groups (broad SMARTS) is 1. The number of methoxy groups -OCH3 is 1. The highest BCUT2D eigenvalue weighted by Crippen LogP contribution is 2.15. The molecule has 0 unspecified atom stereocenters. The Labute approximate surface area is 205 Å². The third-order valence-corrected chi connectivity index (χ3v) is 4.49. The largest absolute Gasteiger partial charge is 0.489 e. The van der Waals surface area contributed by atoms with E-state index in [4.69, 9.17) is 21.3 Å². The second-order valence-electron chi connectivity index (χ2n) is 7.09. The van der Waals surface area contributed by atoms with Crippen LogP contribution in [0.25, 0.3) is 6.08 Å². The molecule has 0 aromatic heterocycles. The molecular formula is C26H29ClN2O5. The van der Waals surface area contributed by atoms with E-state index in [2.05, 4.69) is 4.74 Å². The number of benzene rings is 3. The number of hydrogen-bond donors (Lipinski definition) is 3. The number of halogens is 1. The van der Waals surface area contributed by atoms with Crippen molar-refractivity contribution in [2.24, 2.45) is 5.73 Å². The smallest absolute Gasteiger partial charge is 0.330 e. The van der Waals surface area contributed by atoms with Gasteiger partial charge in [-0.1, -0.05) is 54.6 Å². The molecule has 0 spiro atoms. The predicted molar refractivity (Wildman–Crippen MR) is 136 cm³/mol. The fourth-order valence-electron chi connectivity index (χ4n) is 2.64. The van der Waals surface area contributed by atoms with Crippen LogP contribution in [0.1, 0.15) is 16.7 Å². The van der Waals surface area contributed by atoms with Crippen LogP contribution in [0.4, 0.5) is 5.69 Å². The fraction of sp³-hybridized carbons (Fsp3) is 0.154. The molecule has 0 aliphatic carbocycles. The summed E-state index contributed by atoms with van der Waals surface area (Å²) in [5.74, 6) is -0.604. The van der Waals surface area contributed by atoms with Gasteiger partial charge in [-0.05, 0) is 53.5 Å². The molecule has 0 fully saturated rings. The Kier molecular flexibility index (Phi) is 12.5. The van der Waals surface area contributed by atoms with Gasteiger partial charge in [-0.15, -0.1) is 12.4 Å². The lowest BCUT2D eigenvalue weighted by Crippen LogP contribution is -2.32. The van der Waals surface area contributed by atoms with Crippen molar-refractivity contribution in [1.29, 1.82) is 0 Å². The minimum atomic E-state index is -0.991. The van der Waals surface area contributed by atoms with E-state index in [1.807, 2.05) is 66.7 Å². The Bertz CT molecular complexity index is 1040. The zero-order valence-corrected chi connectivity index (χ0v) is 19.6. The molecule has 8 heteroatoms. The number of nitrogen functional groups attached to an aromatic ring is 1. The summed E-state index contributed by atoms with van der Waals surface area (Å²) in [6, 6.07) is 23.6. The highest BCUT2D eigenvalue weighted by Gasteiger charge is 2.11. The Hall–Kier alpha value is -3.81. The predicted octanol–water partition coefficient (Wildman–Crippen LogP) is 4.10. The molecule has 0 saturated carbocycles. The molecule has 3 aromatic rings. The SMILES string of the molecule is COC(=O)C=Cc1ccc(N)cc1.Cl.N[C@@H](Cc1ccc(OCc2ccccc2)cc1)C(=O)O. The first-order valence-corrected chi connectivity index (χ1v) is 10.2. The van der Waals surface area contributed by atoms with Crippen LogP contribution >= 0.6 is 12.4 Å². The molecule has 0 aliphatic rings. The van der Waals surface area contributed by atoms with E-state index >= 15 is 0 Å². The van der Waals surface area contributed by atoms with Gasteiger partial charge in [-0.3, -0.25) is 4.79 Å². The zero-order valence-electron chi connectivity index (χ0n) is 18.8. The summed E-state index contributed by atoms with van der Waals surface area (Å²) in [4.78, 5) is 21.4. The van der Waals surface area contributed by atoms with Crippen LogP contribution in [-0.4, -0.2) is 30.2 Å². The lowest BCUT2D eigenvalue weighted by molar-refractivity contribution is -0.138. The number of hydrogen-bond acceptors (Lipinski definition) is 6. The van der Waals surface area contributed by atoms with Crippen molar-refractivity contribution in [3.05, 3.63) is 102 Å². The third-order valence-electron chi connectivity index (χ3n) is 4.49. The van der Waals surface area contributed by atoms with Crippen molar-refractivity contribution in [3.63, 3.8) is 0 Å². The van der Waals surface area contributed by atoms with Gasteiger partial charge in [0.2, 0.25) is 0 Å². The van der Waals surface area contributed by atoms with Crippen molar-refractivity contribution in [1.82, 2.24) is 0 Å². The van der Waals surface area contributed by atoms with Gasteiger partial charge < -0.3 is 26.0 Å². The summed E-state index contributed by atoms with van der Waals surface area (Å²) in [6.07, 6.45) is 3.35. The van der Waals surface area contributed by atoms with Gasteiger partial charge in [0.05, 0.1) is 7.11 Å². The Balaban J connectivity index is 0.000000360. The molecule has 1 atom stereocenters. The van der Waals surface area contributed by atoms with E-state index in [1.165, 1.54) is 13.2 Å². The standard InChI is InChI=1S/C16H17NO3.C10H11NO2.ClH/c17-15(16(18)19)10-12-6-8-14(9-7-12)20-11-13-4-2-1-3-5-13;1-13-10(12)7-4-8-2-5-9(11)6-3-8;/h1-9,15H,10-11,17H2,(H,18,19);2-7H,11H2,1H3;1H/t15-;;/m0../s1. The Morgan fingerprint density at radius 3 is 2.12 bits per heavy atom. The number of anilines is 1. The van der Waals surface area contributed by atoms with Gasteiger partial charge in [0, 0.05) is 11.8 Å². The first-order chi connectivity index (χ1) is 15.9. The summed E-state index contributed by atoms with van der Waals surface area (Å²) >= 11 is 0. The molecule has 0 aliphatic heterocycles. The number of ether oxygens (including phenoxy) is 2. The first kappa shape index (κ1) is 28.2.